The third-order valence-electron chi connectivity index (χ3n) is 2.79. The maximum atomic E-state index is 3.25. The third kappa shape index (κ3) is 3.27. The van der Waals surface area contributed by atoms with Crippen LogP contribution in [0.4, 0.5) is 11.4 Å². The van der Waals surface area contributed by atoms with Crippen molar-refractivity contribution in [3.8, 4) is 0 Å². The summed E-state index contributed by atoms with van der Waals surface area (Å²) in [6.07, 6.45) is 0. The van der Waals surface area contributed by atoms with Crippen LogP contribution >= 0.6 is 0 Å². The van der Waals surface area contributed by atoms with Gasteiger partial charge in [-0.25, -0.2) is 0 Å². The molecule has 0 spiro atoms. The fourth-order valence-electron chi connectivity index (χ4n) is 2.24. The van der Waals surface area contributed by atoms with Gasteiger partial charge in [-0.15, -0.1) is 0 Å². The lowest BCUT2D eigenvalue weighted by Crippen LogP contribution is -2.09. The summed E-state index contributed by atoms with van der Waals surface area (Å²) in [7, 11) is 0. The highest BCUT2D eigenvalue weighted by Gasteiger charge is 1.97. The Balaban J connectivity index is 2.11. The van der Waals surface area contributed by atoms with Crippen LogP contribution in [0, 0.1) is 27.7 Å². The van der Waals surface area contributed by atoms with Crippen LogP contribution in [0.15, 0.2) is 36.4 Å². The van der Waals surface area contributed by atoms with E-state index in [0.717, 1.165) is 11.4 Å². The van der Waals surface area contributed by atoms with Gasteiger partial charge in [0, 0.05) is 0 Å². The lowest BCUT2D eigenvalue weighted by Gasteiger charge is -2.12. The Hall–Kier alpha value is -1.96. The van der Waals surface area contributed by atoms with E-state index < -0.39 is 0 Å². The summed E-state index contributed by atoms with van der Waals surface area (Å²) in [5, 5.41) is 0. The van der Waals surface area contributed by atoms with Crippen LogP contribution in [0.1, 0.15) is 22.3 Å². The predicted octanol–water partition coefficient (Wildman–Crippen LogP) is 4.36. The zero-order valence-electron chi connectivity index (χ0n) is 11.5. The minimum Gasteiger partial charge on any atom is -0.301 e. The van der Waals surface area contributed by atoms with Crippen LogP contribution in [0.5, 0.6) is 0 Å². The summed E-state index contributed by atoms with van der Waals surface area (Å²) >= 11 is 0. The molecule has 2 nitrogen and oxygen atoms in total. The van der Waals surface area contributed by atoms with E-state index in [1.807, 2.05) is 0 Å². The SMILES string of the molecule is Cc1cc(C)cc(NNc2cc(C)cc(C)c2)c1. The molecule has 2 N–H and O–H groups in total. The third-order valence-corrected chi connectivity index (χ3v) is 2.79. The van der Waals surface area contributed by atoms with Crippen molar-refractivity contribution in [1.82, 2.24) is 0 Å². The molecule has 0 bridgehead atoms. The van der Waals surface area contributed by atoms with Crippen molar-refractivity contribution in [1.29, 1.82) is 0 Å². The number of nitrogens with one attached hydrogen (secondary N) is 2. The molecular formula is C16H20N2. The number of hydrazine groups is 1. The molecule has 0 aliphatic rings. The molecule has 0 atom stereocenters. The van der Waals surface area contributed by atoms with E-state index in [1.54, 1.807) is 0 Å². The number of hydrogen-bond acceptors (Lipinski definition) is 2. The van der Waals surface area contributed by atoms with E-state index in [0.29, 0.717) is 0 Å². The van der Waals surface area contributed by atoms with Gasteiger partial charge in [0.15, 0.2) is 0 Å². The van der Waals surface area contributed by atoms with Gasteiger partial charge in [0.2, 0.25) is 0 Å². The average Bonchev–Trinajstić information content (AvgIpc) is 2.23. The molecule has 0 fully saturated rings. The molecule has 0 unspecified atom stereocenters. The van der Waals surface area contributed by atoms with Gasteiger partial charge < -0.3 is 10.9 Å². The Morgan fingerprint density at radius 2 is 0.778 bits per heavy atom. The maximum Gasteiger partial charge on any atom is 0.0545 e. The Morgan fingerprint density at radius 3 is 1.06 bits per heavy atom. The van der Waals surface area contributed by atoms with Gasteiger partial charge >= 0.3 is 0 Å². The predicted molar refractivity (Wildman–Crippen MR) is 79.1 cm³/mol. The van der Waals surface area contributed by atoms with Gasteiger partial charge in [-0.3, -0.25) is 0 Å². The fourth-order valence-corrected chi connectivity index (χ4v) is 2.24. The quantitative estimate of drug-likeness (QED) is 0.779. The van der Waals surface area contributed by atoms with Crippen molar-refractivity contribution in [3.05, 3.63) is 58.7 Å². The van der Waals surface area contributed by atoms with E-state index >= 15 is 0 Å². The van der Waals surface area contributed by atoms with Gasteiger partial charge in [-0.05, 0) is 74.2 Å². The second kappa shape index (κ2) is 5.13. The summed E-state index contributed by atoms with van der Waals surface area (Å²) in [6.45, 7) is 8.42. The number of rotatable bonds is 3. The summed E-state index contributed by atoms with van der Waals surface area (Å²) in [4.78, 5) is 0. The van der Waals surface area contributed by atoms with Crippen LogP contribution in [-0.4, -0.2) is 0 Å². The first kappa shape index (κ1) is 12.5. The molecule has 0 radical (unpaired) electrons. The normalized spacial score (nSPS) is 10.2. The average molecular weight is 240 g/mol. The molecule has 2 aromatic rings. The van der Waals surface area contributed by atoms with Crippen molar-refractivity contribution in [3.63, 3.8) is 0 Å². The number of hydrogen-bond donors (Lipinski definition) is 2. The van der Waals surface area contributed by atoms with Crippen LogP contribution in [-0.2, 0) is 0 Å². The fraction of sp³-hybridized carbons (Fsp3) is 0.250. The van der Waals surface area contributed by atoms with Crippen LogP contribution < -0.4 is 10.9 Å². The molecule has 2 heteroatoms. The molecule has 0 saturated carbocycles. The van der Waals surface area contributed by atoms with Crippen molar-refractivity contribution < 1.29 is 0 Å². The summed E-state index contributed by atoms with van der Waals surface area (Å²) in [6, 6.07) is 12.8. The first-order chi connectivity index (χ1) is 8.52. The summed E-state index contributed by atoms with van der Waals surface area (Å²) < 4.78 is 0. The highest BCUT2D eigenvalue weighted by Crippen LogP contribution is 2.16. The molecule has 0 aliphatic heterocycles. The highest BCUT2D eigenvalue weighted by atomic mass is 15.4. The second-order valence-electron chi connectivity index (χ2n) is 5.00. The smallest absolute Gasteiger partial charge is 0.0545 e. The number of aryl methyl sites for hydroxylation is 4. The lowest BCUT2D eigenvalue weighted by atomic mass is 10.1. The van der Waals surface area contributed by atoms with Gasteiger partial charge in [-0.2, -0.15) is 0 Å². The first-order valence-electron chi connectivity index (χ1n) is 6.21. The van der Waals surface area contributed by atoms with Crippen LogP contribution in [0.3, 0.4) is 0 Å². The topological polar surface area (TPSA) is 24.1 Å². The molecule has 18 heavy (non-hydrogen) atoms. The Labute approximate surface area is 109 Å². The molecule has 0 saturated heterocycles. The molecule has 94 valence electrons. The largest absolute Gasteiger partial charge is 0.301 e. The van der Waals surface area contributed by atoms with Crippen molar-refractivity contribution in [2.75, 3.05) is 10.9 Å². The van der Waals surface area contributed by atoms with Gasteiger partial charge in [0.05, 0.1) is 11.4 Å². The molecule has 0 aliphatic carbocycles. The summed E-state index contributed by atoms with van der Waals surface area (Å²) in [5.41, 5.74) is 13.7. The van der Waals surface area contributed by atoms with Gasteiger partial charge in [0.25, 0.3) is 0 Å². The van der Waals surface area contributed by atoms with E-state index in [1.165, 1.54) is 22.3 Å². The van der Waals surface area contributed by atoms with Gasteiger partial charge in [-0.1, -0.05) is 12.1 Å². The maximum absolute atomic E-state index is 3.25. The molecule has 2 aromatic carbocycles. The summed E-state index contributed by atoms with van der Waals surface area (Å²) in [5.74, 6) is 0. The minimum atomic E-state index is 1.09. The van der Waals surface area contributed by atoms with E-state index in [2.05, 4.69) is 74.9 Å². The molecular weight excluding hydrogens is 220 g/mol. The first-order valence-corrected chi connectivity index (χ1v) is 6.21. The van der Waals surface area contributed by atoms with Crippen molar-refractivity contribution in [2.24, 2.45) is 0 Å². The number of anilines is 2. The van der Waals surface area contributed by atoms with Crippen LogP contribution in [0.2, 0.25) is 0 Å². The van der Waals surface area contributed by atoms with Gasteiger partial charge in [0.1, 0.15) is 0 Å². The Bertz CT molecular complexity index is 467. The zero-order valence-corrected chi connectivity index (χ0v) is 11.5. The minimum absolute atomic E-state index is 1.09. The van der Waals surface area contributed by atoms with Crippen LogP contribution in [0.25, 0.3) is 0 Å². The molecule has 2 rings (SSSR count). The standard InChI is InChI=1S/C16H20N2/c1-11-5-12(2)8-15(7-11)17-18-16-9-13(3)6-14(4)10-16/h5-10,17-18H,1-4H3. The van der Waals surface area contributed by atoms with Crippen molar-refractivity contribution >= 4 is 11.4 Å². The molecule has 0 amide bonds. The lowest BCUT2D eigenvalue weighted by molar-refractivity contribution is 1.32. The number of benzene rings is 2. The highest BCUT2D eigenvalue weighted by molar-refractivity contribution is 5.56. The monoisotopic (exact) mass is 240 g/mol. The Kier molecular flexibility index (Phi) is 3.56. The van der Waals surface area contributed by atoms with Crippen molar-refractivity contribution in [2.45, 2.75) is 27.7 Å². The Morgan fingerprint density at radius 1 is 0.500 bits per heavy atom. The molecule has 0 heterocycles. The van der Waals surface area contributed by atoms with E-state index in [-0.39, 0.29) is 0 Å². The van der Waals surface area contributed by atoms with E-state index in [4.69, 9.17) is 0 Å². The molecule has 0 aromatic heterocycles. The second-order valence-corrected chi connectivity index (χ2v) is 5.00. The van der Waals surface area contributed by atoms with E-state index in [9.17, 15) is 0 Å². The zero-order chi connectivity index (χ0) is 13.1.